The number of amides is 1. The van der Waals surface area contributed by atoms with Crippen LogP contribution in [-0.2, 0) is 16.0 Å². The first-order valence-electron chi connectivity index (χ1n) is 11.5. The number of aromatic nitrogens is 2. The van der Waals surface area contributed by atoms with E-state index in [1.807, 2.05) is 13.0 Å². The Morgan fingerprint density at radius 3 is 2.73 bits per heavy atom. The number of nitrogens with zero attached hydrogens (tertiary/aromatic N) is 5. The molecule has 2 heterocycles. The summed E-state index contributed by atoms with van der Waals surface area (Å²) in [6.45, 7) is 3.39. The third kappa shape index (κ3) is 6.22. The van der Waals surface area contributed by atoms with E-state index < -0.39 is 4.92 Å². The zero-order valence-corrected chi connectivity index (χ0v) is 23.0. The van der Waals surface area contributed by atoms with E-state index in [1.54, 1.807) is 23.1 Å². The molecular formula is C24H23Br2N5O6. The smallest absolute Gasteiger partial charge is 0.312 e. The lowest BCUT2D eigenvalue weighted by molar-refractivity contribution is -0.385. The largest absolute Gasteiger partial charge is 0.476 e. The zero-order valence-electron chi connectivity index (χ0n) is 19.9. The van der Waals surface area contributed by atoms with Crippen LogP contribution >= 0.6 is 31.9 Å². The third-order valence-electron chi connectivity index (χ3n) is 5.62. The minimum Gasteiger partial charge on any atom is -0.476 e. The molecule has 4 rings (SSSR count). The van der Waals surface area contributed by atoms with Gasteiger partial charge in [-0.2, -0.15) is 9.78 Å². The molecule has 0 atom stereocenters. The minimum atomic E-state index is -0.597. The number of fused-ring (bicyclic) bond motifs is 1. The molecule has 1 amide bonds. The van der Waals surface area contributed by atoms with Gasteiger partial charge in [0.05, 0.1) is 39.7 Å². The molecule has 0 aliphatic carbocycles. The number of carbonyl (C=O) groups is 1. The molecule has 11 nitrogen and oxygen atoms in total. The predicted molar refractivity (Wildman–Crippen MR) is 144 cm³/mol. The molecular weight excluding hydrogens is 614 g/mol. The van der Waals surface area contributed by atoms with E-state index in [0.29, 0.717) is 55.0 Å². The average molecular weight is 637 g/mol. The molecule has 1 aliphatic heterocycles. The zero-order chi connectivity index (χ0) is 26.5. The molecule has 0 saturated carbocycles. The van der Waals surface area contributed by atoms with Gasteiger partial charge in [0.2, 0.25) is 5.75 Å². The highest BCUT2D eigenvalue weighted by molar-refractivity contribution is 9.10. The summed E-state index contributed by atoms with van der Waals surface area (Å²) in [5.74, 6) is 0.131. The fourth-order valence-electron chi connectivity index (χ4n) is 3.81. The van der Waals surface area contributed by atoms with E-state index in [1.165, 1.54) is 17.0 Å². The van der Waals surface area contributed by atoms with Crippen LogP contribution in [0.5, 0.6) is 5.75 Å². The summed E-state index contributed by atoms with van der Waals surface area (Å²) in [5.41, 5.74) is 0.233. The van der Waals surface area contributed by atoms with Crippen LogP contribution in [0, 0.1) is 10.1 Å². The maximum atomic E-state index is 13.2. The van der Waals surface area contributed by atoms with Crippen LogP contribution in [0.4, 0.5) is 5.69 Å². The molecule has 1 aliphatic rings. The Hall–Kier alpha value is -3.16. The minimum absolute atomic E-state index is 0.0650. The van der Waals surface area contributed by atoms with E-state index in [2.05, 4.69) is 41.9 Å². The molecule has 37 heavy (non-hydrogen) atoms. The van der Waals surface area contributed by atoms with Gasteiger partial charge in [-0.25, -0.2) is 4.98 Å². The van der Waals surface area contributed by atoms with Crippen LogP contribution in [0.25, 0.3) is 10.9 Å². The van der Waals surface area contributed by atoms with Crippen LogP contribution in [0.15, 0.2) is 49.2 Å². The Morgan fingerprint density at radius 2 is 2.03 bits per heavy atom. The van der Waals surface area contributed by atoms with Crippen LogP contribution in [0.3, 0.4) is 0 Å². The maximum Gasteiger partial charge on any atom is 0.312 e. The van der Waals surface area contributed by atoms with E-state index in [4.69, 9.17) is 9.47 Å². The monoisotopic (exact) mass is 635 g/mol. The normalized spacial score (nSPS) is 13.9. The van der Waals surface area contributed by atoms with Crippen LogP contribution in [0.1, 0.15) is 24.7 Å². The molecule has 0 bridgehead atoms. The Bertz CT molecular complexity index is 1440. The van der Waals surface area contributed by atoms with E-state index in [9.17, 15) is 19.7 Å². The number of rotatable bonds is 8. The van der Waals surface area contributed by atoms with Crippen molar-refractivity contribution < 1.29 is 19.2 Å². The van der Waals surface area contributed by atoms with Gasteiger partial charge in [-0.05, 0) is 46.6 Å². The number of nitro groups is 1. The fourth-order valence-corrected chi connectivity index (χ4v) is 4.76. The lowest BCUT2D eigenvalue weighted by Crippen LogP contribution is -2.43. The molecule has 0 N–H and O–H groups in total. The molecule has 1 saturated heterocycles. The van der Waals surface area contributed by atoms with Crippen LogP contribution in [-0.4, -0.2) is 64.5 Å². The summed E-state index contributed by atoms with van der Waals surface area (Å²) in [7, 11) is 0. The van der Waals surface area contributed by atoms with Gasteiger partial charge < -0.3 is 14.4 Å². The van der Waals surface area contributed by atoms with Crippen molar-refractivity contribution in [1.82, 2.24) is 14.6 Å². The van der Waals surface area contributed by atoms with E-state index >= 15 is 0 Å². The summed E-state index contributed by atoms with van der Waals surface area (Å²) in [6.07, 6.45) is 2.62. The highest BCUT2D eigenvalue weighted by atomic mass is 79.9. The first-order valence-corrected chi connectivity index (χ1v) is 13.1. The van der Waals surface area contributed by atoms with Crippen molar-refractivity contribution in [2.24, 2.45) is 5.10 Å². The van der Waals surface area contributed by atoms with Crippen LogP contribution in [0.2, 0.25) is 0 Å². The van der Waals surface area contributed by atoms with Gasteiger partial charge in [-0.3, -0.25) is 19.7 Å². The summed E-state index contributed by atoms with van der Waals surface area (Å²) in [5, 5.41) is 16.5. The number of benzene rings is 2. The molecule has 0 spiro atoms. The number of nitro benzene ring substituents is 1. The van der Waals surface area contributed by atoms with E-state index in [0.717, 1.165) is 10.9 Å². The Morgan fingerprint density at radius 1 is 1.27 bits per heavy atom. The topological polar surface area (TPSA) is 129 Å². The van der Waals surface area contributed by atoms with Crippen molar-refractivity contribution in [3.05, 3.63) is 71.1 Å². The van der Waals surface area contributed by atoms with Gasteiger partial charge in [0.15, 0.2) is 6.61 Å². The SMILES string of the molecule is CCCc1nc2ccc(Br)cc2c(=O)n1N=Cc1cc(Br)c(OCC(=O)N2CCOCC2)c([N+](=O)[O-])c1. The van der Waals surface area contributed by atoms with Gasteiger partial charge in [0.25, 0.3) is 11.5 Å². The van der Waals surface area contributed by atoms with Crippen molar-refractivity contribution in [1.29, 1.82) is 0 Å². The first-order chi connectivity index (χ1) is 17.8. The standard InChI is InChI=1S/C24H23Br2N5O6/c1-2-3-21-28-19-5-4-16(25)12-17(19)24(33)30(21)27-13-15-10-18(26)23(20(11-15)31(34)35)37-14-22(32)29-6-8-36-9-7-29/h4-5,10-13H,2-3,6-9,14H2,1H3. The third-order valence-corrected chi connectivity index (χ3v) is 6.70. The van der Waals surface area contributed by atoms with Crippen molar-refractivity contribution in [2.75, 3.05) is 32.9 Å². The second kappa shape index (κ2) is 11.9. The van der Waals surface area contributed by atoms with Crippen molar-refractivity contribution in [3.63, 3.8) is 0 Å². The maximum absolute atomic E-state index is 13.2. The Kier molecular flexibility index (Phi) is 8.67. The summed E-state index contributed by atoms with van der Waals surface area (Å²) in [4.78, 5) is 43.0. The fraction of sp³-hybridized carbons (Fsp3) is 0.333. The summed E-state index contributed by atoms with van der Waals surface area (Å²) >= 11 is 6.68. The molecule has 13 heteroatoms. The van der Waals surface area contributed by atoms with Crippen molar-refractivity contribution in [2.45, 2.75) is 19.8 Å². The number of morpholine rings is 1. The number of halogens is 2. The number of hydrogen-bond acceptors (Lipinski definition) is 8. The molecule has 194 valence electrons. The summed E-state index contributed by atoms with van der Waals surface area (Å²) in [6, 6.07) is 8.10. The quantitative estimate of drug-likeness (QED) is 0.208. The lowest BCUT2D eigenvalue weighted by atomic mass is 10.2. The predicted octanol–water partition coefficient (Wildman–Crippen LogP) is 3.90. The number of carbonyl (C=O) groups excluding carboxylic acids is 1. The van der Waals surface area contributed by atoms with E-state index in [-0.39, 0.29) is 34.0 Å². The van der Waals surface area contributed by atoms with Crippen LogP contribution < -0.4 is 10.3 Å². The van der Waals surface area contributed by atoms with Gasteiger partial charge in [0.1, 0.15) is 5.82 Å². The molecule has 2 aromatic carbocycles. The lowest BCUT2D eigenvalue weighted by Gasteiger charge is -2.26. The van der Waals surface area contributed by atoms with Gasteiger partial charge in [0, 0.05) is 35.6 Å². The number of aryl methyl sites for hydroxylation is 1. The Balaban J connectivity index is 1.64. The molecule has 0 unspecified atom stereocenters. The van der Waals surface area contributed by atoms with Gasteiger partial charge in [-0.15, -0.1) is 0 Å². The Labute approximate surface area is 228 Å². The number of ether oxygens (including phenoxy) is 2. The molecule has 1 aromatic heterocycles. The molecule has 0 radical (unpaired) electrons. The van der Waals surface area contributed by atoms with Crippen molar-refractivity contribution in [3.8, 4) is 5.75 Å². The van der Waals surface area contributed by atoms with Crippen molar-refractivity contribution >= 4 is 60.6 Å². The highest BCUT2D eigenvalue weighted by Gasteiger charge is 2.23. The highest BCUT2D eigenvalue weighted by Crippen LogP contribution is 2.36. The second-order valence-corrected chi connectivity index (χ2v) is 9.96. The average Bonchev–Trinajstić information content (AvgIpc) is 2.88. The number of hydrogen-bond donors (Lipinski definition) is 0. The summed E-state index contributed by atoms with van der Waals surface area (Å²) < 4.78 is 13.0. The van der Waals surface area contributed by atoms with Gasteiger partial charge >= 0.3 is 5.69 Å². The second-order valence-electron chi connectivity index (χ2n) is 8.19. The van der Waals surface area contributed by atoms with Gasteiger partial charge in [-0.1, -0.05) is 22.9 Å². The molecule has 3 aromatic rings. The first kappa shape index (κ1) is 26.9. The molecule has 1 fully saturated rings.